The lowest BCUT2D eigenvalue weighted by Crippen LogP contribution is -2.29. The molecule has 2 nitrogen and oxygen atoms in total. The highest BCUT2D eigenvalue weighted by Gasteiger charge is 2.30. The van der Waals surface area contributed by atoms with E-state index in [4.69, 9.17) is 5.73 Å². The van der Waals surface area contributed by atoms with Crippen LogP contribution in [-0.4, -0.2) is 4.98 Å². The molecule has 2 N–H and O–H groups in total. The van der Waals surface area contributed by atoms with Crippen LogP contribution in [-0.2, 0) is 0 Å². The van der Waals surface area contributed by atoms with E-state index in [9.17, 15) is 0 Å². The highest BCUT2D eigenvalue weighted by molar-refractivity contribution is 5.78. The van der Waals surface area contributed by atoms with Gasteiger partial charge in [0.25, 0.3) is 0 Å². The molecule has 106 valence electrons. The van der Waals surface area contributed by atoms with Crippen molar-refractivity contribution in [3.8, 4) is 0 Å². The van der Waals surface area contributed by atoms with Crippen molar-refractivity contribution >= 4 is 10.9 Å². The minimum Gasteiger partial charge on any atom is -0.324 e. The number of nitrogens with two attached hydrogens (primary N) is 1. The number of nitrogens with zero attached hydrogens (tertiary/aromatic N) is 1. The lowest BCUT2D eigenvalue weighted by Gasteiger charge is -2.36. The summed E-state index contributed by atoms with van der Waals surface area (Å²) in [7, 11) is 0. The van der Waals surface area contributed by atoms with Crippen LogP contribution < -0.4 is 5.73 Å². The molecule has 1 fully saturated rings. The summed E-state index contributed by atoms with van der Waals surface area (Å²) in [6.07, 6.45) is 7.01. The summed E-state index contributed by atoms with van der Waals surface area (Å²) in [5, 5.41) is 1.19. The van der Waals surface area contributed by atoms with Gasteiger partial charge in [-0.2, -0.15) is 0 Å². The van der Waals surface area contributed by atoms with Gasteiger partial charge in [-0.1, -0.05) is 32.0 Å². The van der Waals surface area contributed by atoms with Gasteiger partial charge < -0.3 is 5.73 Å². The number of hydrogen-bond donors (Lipinski definition) is 1. The maximum atomic E-state index is 6.51. The van der Waals surface area contributed by atoms with E-state index in [2.05, 4.69) is 37.0 Å². The molecule has 0 bridgehead atoms. The molecule has 0 saturated heterocycles. The number of pyridine rings is 1. The molecule has 20 heavy (non-hydrogen) atoms. The quantitative estimate of drug-likeness (QED) is 0.874. The Morgan fingerprint density at radius 2 is 1.90 bits per heavy atom. The SMILES string of the molecule is CC1(C)CCC(C(N)c2cnc3ccccc3c2)CC1. The zero-order valence-electron chi connectivity index (χ0n) is 12.5. The Morgan fingerprint density at radius 3 is 2.65 bits per heavy atom. The summed E-state index contributed by atoms with van der Waals surface area (Å²) in [5.74, 6) is 0.603. The molecule has 1 aromatic carbocycles. The Labute approximate surface area is 121 Å². The minimum absolute atomic E-state index is 0.128. The third kappa shape index (κ3) is 2.71. The highest BCUT2D eigenvalue weighted by atomic mass is 14.7. The van der Waals surface area contributed by atoms with Crippen molar-refractivity contribution in [2.75, 3.05) is 0 Å². The molecule has 1 atom stereocenters. The number of para-hydroxylation sites is 1. The van der Waals surface area contributed by atoms with Crippen molar-refractivity contribution in [1.29, 1.82) is 0 Å². The largest absolute Gasteiger partial charge is 0.324 e. The summed E-state index contributed by atoms with van der Waals surface area (Å²) < 4.78 is 0. The van der Waals surface area contributed by atoms with E-state index in [-0.39, 0.29) is 6.04 Å². The van der Waals surface area contributed by atoms with Crippen LogP contribution in [0.5, 0.6) is 0 Å². The standard InChI is InChI=1S/C18H24N2/c1-18(2)9-7-13(8-10-18)17(19)15-11-14-5-3-4-6-16(14)20-12-15/h3-6,11-13,17H,7-10,19H2,1-2H3. The Hall–Kier alpha value is -1.41. The van der Waals surface area contributed by atoms with Gasteiger partial charge in [0.2, 0.25) is 0 Å². The predicted molar refractivity (Wildman–Crippen MR) is 84.4 cm³/mol. The van der Waals surface area contributed by atoms with Gasteiger partial charge in [-0.15, -0.1) is 0 Å². The number of rotatable bonds is 2. The van der Waals surface area contributed by atoms with Crippen LogP contribution in [0.15, 0.2) is 36.5 Å². The lowest BCUT2D eigenvalue weighted by molar-refractivity contribution is 0.173. The van der Waals surface area contributed by atoms with Gasteiger partial charge in [0.15, 0.2) is 0 Å². The Kier molecular flexibility index (Phi) is 3.51. The summed E-state index contributed by atoms with van der Waals surface area (Å²) >= 11 is 0. The molecule has 1 unspecified atom stereocenters. The molecule has 2 aromatic rings. The number of benzene rings is 1. The van der Waals surface area contributed by atoms with E-state index in [1.54, 1.807) is 0 Å². The van der Waals surface area contributed by atoms with Crippen molar-refractivity contribution in [3.63, 3.8) is 0 Å². The average Bonchev–Trinajstić information content (AvgIpc) is 2.46. The first kappa shape index (κ1) is 13.6. The van der Waals surface area contributed by atoms with Gasteiger partial charge in [-0.05, 0) is 54.7 Å². The topological polar surface area (TPSA) is 38.9 Å². The van der Waals surface area contributed by atoms with Crippen LogP contribution in [0.4, 0.5) is 0 Å². The number of fused-ring (bicyclic) bond motifs is 1. The zero-order chi connectivity index (χ0) is 14.2. The highest BCUT2D eigenvalue weighted by Crippen LogP contribution is 2.42. The second-order valence-corrected chi connectivity index (χ2v) is 6.99. The summed E-state index contributed by atoms with van der Waals surface area (Å²) in [6, 6.07) is 10.6. The van der Waals surface area contributed by atoms with Crippen molar-refractivity contribution in [2.45, 2.75) is 45.6 Å². The van der Waals surface area contributed by atoms with Crippen molar-refractivity contribution < 1.29 is 0 Å². The molecular weight excluding hydrogens is 244 g/mol. The molecule has 0 spiro atoms. The summed E-state index contributed by atoms with van der Waals surface area (Å²) in [6.45, 7) is 4.73. The van der Waals surface area contributed by atoms with Crippen LogP contribution in [0.1, 0.15) is 51.1 Å². The average molecular weight is 268 g/mol. The van der Waals surface area contributed by atoms with Crippen LogP contribution >= 0.6 is 0 Å². The van der Waals surface area contributed by atoms with Crippen molar-refractivity contribution in [2.24, 2.45) is 17.1 Å². The second kappa shape index (κ2) is 5.17. The third-order valence-corrected chi connectivity index (χ3v) is 4.89. The molecule has 0 radical (unpaired) electrons. The minimum atomic E-state index is 0.128. The lowest BCUT2D eigenvalue weighted by atomic mass is 9.70. The molecule has 1 saturated carbocycles. The molecule has 2 heteroatoms. The van der Waals surface area contributed by atoms with E-state index in [1.807, 2.05) is 18.3 Å². The molecule has 1 aliphatic carbocycles. The van der Waals surface area contributed by atoms with E-state index in [0.717, 1.165) is 5.52 Å². The molecule has 1 aliphatic rings. The smallest absolute Gasteiger partial charge is 0.0702 e. The zero-order valence-corrected chi connectivity index (χ0v) is 12.5. The van der Waals surface area contributed by atoms with Crippen LogP contribution in [0.25, 0.3) is 10.9 Å². The van der Waals surface area contributed by atoms with Crippen molar-refractivity contribution in [3.05, 3.63) is 42.1 Å². The predicted octanol–water partition coefficient (Wildman–Crippen LogP) is 4.45. The molecule has 0 amide bonds. The van der Waals surface area contributed by atoms with E-state index >= 15 is 0 Å². The number of aromatic nitrogens is 1. The molecule has 1 aromatic heterocycles. The first-order valence-corrected chi connectivity index (χ1v) is 7.65. The van der Waals surface area contributed by atoms with Crippen LogP contribution in [0.2, 0.25) is 0 Å². The van der Waals surface area contributed by atoms with Gasteiger partial charge >= 0.3 is 0 Å². The van der Waals surface area contributed by atoms with Crippen molar-refractivity contribution in [1.82, 2.24) is 4.98 Å². The van der Waals surface area contributed by atoms with Gasteiger partial charge in [-0.3, -0.25) is 4.98 Å². The number of hydrogen-bond acceptors (Lipinski definition) is 2. The Morgan fingerprint density at radius 1 is 1.20 bits per heavy atom. The first-order valence-electron chi connectivity index (χ1n) is 7.65. The third-order valence-electron chi connectivity index (χ3n) is 4.89. The van der Waals surface area contributed by atoms with Gasteiger partial charge in [0, 0.05) is 17.6 Å². The Balaban J connectivity index is 1.80. The van der Waals surface area contributed by atoms with Gasteiger partial charge in [-0.25, -0.2) is 0 Å². The van der Waals surface area contributed by atoms with E-state index in [1.165, 1.54) is 36.6 Å². The molecule has 1 heterocycles. The molecular formula is C18H24N2. The van der Waals surface area contributed by atoms with Crippen LogP contribution in [0, 0.1) is 11.3 Å². The molecule has 0 aliphatic heterocycles. The van der Waals surface area contributed by atoms with Gasteiger partial charge in [0.1, 0.15) is 0 Å². The monoisotopic (exact) mass is 268 g/mol. The maximum absolute atomic E-state index is 6.51. The summed E-state index contributed by atoms with van der Waals surface area (Å²) in [5.41, 5.74) is 9.24. The maximum Gasteiger partial charge on any atom is 0.0702 e. The normalized spacial score (nSPS) is 20.9. The van der Waals surface area contributed by atoms with Crippen LogP contribution in [0.3, 0.4) is 0 Å². The summed E-state index contributed by atoms with van der Waals surface area (Å²) in [4.78, 5) is 4.55. The Bertz CT molecular complexity index is 593. The second-order valence-electron chi connectivity index (χ2n) is 6.99. The fourth-order valence-corrected chi connectivity index (χ4v) is 3.32. The fraction of sp³-hybridized carbons (Fsp3) is 0.500. The van der Waals surface area contributed by atoms with E-state index in [0.29, 0.717) is 11.3 Å². The molecule has 3 rings (SSSR count). The van der Waals surface area contributed by atoms with Gasteiger partial charge in [0.05, 0.1) is 5.52 Å². The first-order chi connectivity index (χ1) is 9.55. The van der Waals surface area contributed by atoms with E-state index < -0.39 is 0 Å². The fourth-order valence-electron chi connectivity index (χ4n) is 3.32.